The van der Waals surface area contributed by atoms with E-state index in [0.29, 0.717) is 45.5 Å². The fourth-order valence-corrected chi connectivity index (χ4v) is 9.97. The number of nitrogens with one attached hydrogen (secondary N) is 3. The van der Waals surface area contributed by atoms with Gasteiger partial charge in [0, 0.05) is 80.5 Å². The fourth-order valence-electron chi connectivity index (χ4n) is 9.49. The van der Waals surface area contributed by atoms with Crippen LogP contribution in [0.2, 0.25) is 10.0 Å². The van der Waals surface area contributed by atoms with Gasteiger partial charge in [0.25, 0.3) is 17.4 Å². The molecule has 16 nitrogen and oxygen atoms in total. The highest BCUT2D eigenvalue weighted by atomic mass is 35.5. The minimum Gasteiger partial charge on any atom is -0.478 e. The molecule has 18 heteroatoms. The second-order valence-electron chi connectivity index (χ2n) is 17.4. The van der Waals surface area contributed by atoms with Gasteiger partial charge in [0.15, 0.2) is 18.2 Å². The van der Waals surface area contributed by atoms with Gasteiger partial charge in [0.05, 0.1) is 28.9 Å². The molecule has 1 atom stereocenters. The van der Waals surface area contributed by atoms with E-state index in [9.17, 15) is 24.0 Å². The number of likely N-dealkylation sites (N-methyl/N-ethyl adjacent to an activating group) is 1. The summed E-state index contributed by atoms with van der Waals surface area (Å²) < 4.78 is 13.9. The van der Waals surface area contributed by atoms with Crippen LogP contribution in [0.1, 0.15) is 86.3 Å². The molecule has 3 N–H and O–H groups in total. The van der Waals surface area contributed by atoms with Crippen LogP contribution in [0.15, 0.2) is 53.5 Å². The van der Waals surface area contributed by atoms with Gasteiger partial charge >= 0.3 is 0 Å². The largest absolute Gasteiger partial charge is 0.478 e. The van der Waals surface area contributed by atoms with Crippen molar-refractivity contribution in [2.75, 3.05) is 50.1 Å². The monoisotopic (exact) mass is 911 g/mol. The third kappa shape index (κ3) is 8.67. The molecule has 5 aliphatic rings. The quantitative estimate of drug-likeness (QED) is 0.150. The first-order valence-corrected chi connectivity index (χ1v) is 22.7. The summed E-state index contributed by atoms with van der Waals surface area (Å²) in [6.07, 6.45) is 9.29. The Morgan fingerprint density at radius 3 is 2.47 bits per heavy atom. The van der Waals surface area contributed by atoms with E-state index in [2.05, 4.69) is 36.8 Å². The maximum absolute atomic E-state index is 13.3. The maximum Gasteiger partial charge on any atom is 0.293 e. The highest BCUT2D eigenvalue weighted by molar-refractivity contribution is 6.34. The lowest BCUT2D eigenvalue weighted by Gasteiger charge is -2.45. The summed E-state index contributed by atoms with van der Waals surface area (Å²) in [6, 6.07) is 10.7. The van der Waals surface area contributed by atoms with Crippen LogP contribution in [0.4, 0.5) is 17.5 Å². The molecule has 4 aliphatic heterocycles. The van der Waals surface area contributed by atoms with Gasteiger partial charge in [-0.1, -0.05) is 35.3 Å². The van der Waals surface area contributed by atoms with E-state index in [1.807, 2.05) is 44.2 Å². The summed E-state index contributed by atoms with van der Waals surface area (Å²) in [5.74, 6) is -0.173. The fraction of sp³-hybridized carbons (Fsp3) is 0.457. The van der Waals surface area contributed by atoms with Crippen LogP contribution in [-0.2, 0) is 25.7 Å². The first-order valence-electron chi connectivity index (χ1n) is 22.0. The third-order valence-corrected chi connectivity index (χ3v) is 13.8. The Morgan fingerprint density at radius 2 is 1.75 bits per heavy atom. The maximum atomic E-state index is 13.3. The second-order valence-corrected chi connectivity index (χ2v) is 18.2. The summed E-state index contributed by atoms with van der Waals surface area (Å²) in [4.78, 5) is 78.1. The van der Waals surface area contributed by atoms with Crippen LogP contribution in [0.25, 0.3) is 16.5 Å². The molecule has 3 fully saturated rings. The minimum absolute atomic E-state index is 0.0899. The molecule has 0 bridgehead atoms. The van der Waals surface area contributed by atoms with Crippen molar-refractivity contribution in [1.82, 2.24) is 35.0 Å². The third-order valence-electron chi connectivity index (χ3n) is 13.1. The molecule has 1 aliphatic carbocycles. The second kappa shape index (κ2) is 18.1. The van der Waals surface area contributed by atoms with Gasteiger partial charge in [-0.3, -0.25) is 34.2 Å². The molecule has 9 rings (SSSR count). The van der Waals surface area contributed by atoms with E-state index in [1.165, 1.54) is 11.9 Å². The number of hydrogen-bond acceptors (Lipinski definition) is 12. The molecule has 4 aromatic rings. The van der Waals surface area contributed by atoms with Crippen LogP contribution in [0.3, 0.4) is 0 Å². The number of ether oxygens (including phenoxy) is 2. The number of carbonyl (C=O) groups excluding carboxylic acids is 4. The molecule has 2 saturated heterocycles. The van der Waals surface area contributed by atoms with E-state index in [4.69, 9.17) is 37.7 Å². The van der Waals surface area contributed by atoms with Crippen molar-refractivity contribution in [2.24, 2.45) is 0 Å². The van der Waals surface area contributed by atoms with Gasteiger partial charge < -0.3 is 34.5 Å². The Kier molecular flexibility index (Phi) is 12.4. The normalized spacial score (nSPS) is 21.8. The van der Waals surface area contributed by atoms with Gasteiger partial charge in [-0.15, -0.1) is 0 Å². The summed E-state index contributed by atoms with van der Waals surface area (Å²) in [5, 5.41) is 9.87. The van der Waals surface area contributed by atoms with Gasteiger partial charge in [0.2, 0.25) is 17.8 Å². The minimum atomic E-state index is -0.676. The highest BCUT2D eigenvalue weighted by Crippen LogP contribution is 2.40. The van der Waals surface area contributed by atoms with Gasteiger partial charge in [-0.2, -0.15) is 4.98 Å². The number of anilines is 3. The topological polar surface area (TPSA) is 180 Å². The zero-order valence-electron chi connectivity index (χ0n) is 36.0. The Morgan fingerprint density at radius 1 is 0.969 bits per heavy atom. The number of halogens is 2. The number of aromatic nitrogens is 3. The summed E-state index contributed by atoms with van der Waals surface area (Å²) in [7, 11) is 1.51. The summed E-state index contributed by atoms with van der Waals surface area (Å²) in [6.45, 7) is 7.05. The van der Waals surface area contributed by atoms with Crippen LogP contribution in [-0.4, -0.2) is 112 Å². The number of rotatable bonds is 12. The standard InChI is InChI=1S/C46H51Cl2N9O7/c1-25(2)57-36-7-4-28(18-27(36)19-38(45(57)62)63-24-40(59)49-3)51-42-35(47)22-50-46(53-42)55-16-12-30(13-17-55)64-31-20-29(21-31)54-14-10-26(11-15-54)32-5-6-33-34(41(32)48)23-56(44(33)61)37-8-9-39(58)52-43(37)60/h4-7,10,18-19,22,25,29-31,37H,8-9,11-17,20-21,23-24H2,1-3H3,(H,49,59)(H,50,51,53)(H,52,58,60)/t29-,31-,37-/m0/s1. The molecule has 0 radical (unpaired) electrons. The van der Waals surface area contributed by atoms with Gasteiger partial charge in [-0.05, 0) is 93.8 Å². The predicted molar refractivity (Wildman–Crippen MR) is 243 cm³/mol. The van der Waals surface area contributed by atoms with Crippen molar-refractivity contribution in [1.29, 1.82) is 0 Å². The van der Waals surface area contributed by atoms with E-state index >= 15 is 0 Å². The van der Waals surface area contributed by atoms with Crippen molar-refractivity contribution >= 4 is 80.8 Å². The molecule has 6 heterocycles. The molecule has 336 valence electrons. The van der Waals surface area contributed by atoms with Gasteiger partial charge in [0.1, 0.15) is 11.1 Å². The van der Waals surface area contributed by atoms with Crippen molar-refractivity contribution in [3.63, 3.8) is 0 Å². The molecule has 2 aromatic heterocycles. The number of fused-ring (bicyclic) bond motifs is 2. The molecule has 2 aromatic carbocycles. The average Bonchev–Trinajstić information content (AvgIpc) is 3.61. The molecule has 0 unspecified atom stereocenters. The van der Waals surface area contributed by atoms with Crippen LogP contribution in [0.5, 0.6) is 5.75 Å². The number of pyridine rings is 1. The summed E-state index contributed by atoms with van der Waals surface area (Å²) >= 11 is 13.6. The zero-order valence-corrected chi connectivity index (χ0v) is 37.5. The first-order chi connectivity index (χ1) is 30.8. The first kappa shape index (κ1) is 43.7. The zero-order chi connectivity index (χ0) is 44.8. The number of nitrogens with zero attached hydrogens (tertiary/aromatic N) is 6. The van der Waals surface area contributed by atoms with Crippen molar-refractivity contribution in [3.05, 3.63) is 85.8 Å². The van der Waals surface area contributed by atoms with Crippen molar-refractivity contribution in [3.8, 4) is 5.75 Å². The molecule has 0 spiro atoms. The molecule has 4 amide bonds. The lowest BCUT2D eigenvalue weighted by Crippen LogP contribution is -2.52. The number of imide groups is 1. The van der Waals surface area contributed by atoms with Crippen molar-refractivity contribution in [2.45, 2.75) is 95.7 Å². The Balaban J connectivity index is 0.760. The Hall–Kier alpha value is -5.55. The number of benzene rings is 2. The van der Waals surface area contributed by atoms with Crippen LogP contribution >= 0.6 is 23.2 Å². The van der Waals surface area contributed by atoms with E-state index in [-0.39, 0.29) is 66.9 Å². The van der Waals surface area contributed by atoms with E-state index < -0.39 is 11.9 Å². The van der Waals surface area contributed by atoms with Gasteiger partial charge in [-0.25, -0.2) is 4.98 Å². The molecule has 64 heavy (non-hydrogen) atoms. The average molecular weight is 913 g/mol. The van der Waals surface area contributed by atoms with E-state index in [0.717, 1.165) is 85.9 Å². The number of amides is 4. The smallest absolute Gasteiger partial charge is 0.293 e. The SMILES string of the molecule is CNC(=O)COc1cc2cc(Nc3nc(N4CCC(O[C@H]5C[C@H](N6CC=C(c7ccc8c(c7Cl)CN([C@H]7CCC(=O)NC7=O)C8=O)CC6)C5)CC4)ncc3Cl)ccc2n(C(C)C)c1=O. The van der Waals surface area contributed by atoms with E-state index in [1.54, 1.807) is 16.8 Å². The number of piperidine rings is 2. The number of hydrogen-bond donors (Lipinski definition) is 3. The van der Waals surface area contributed by atoms with Crippen molar-refractivity contribution < 1.29 is 28.7 Å². The lowest BCUT2D eigenvalue weighted by atomic mass is 9.85. The lowest BCUT2D eigenvalue weighted by molar-refractivity contribution is -0.137. The van der Waals surface area contributed by atoms with Crippen LogP contribution < -0.4 is 31.1 Å². The number of carbonyl (C=O) groups is 4. The predicted octanol–water partition coefficient (Wildman–Crippen LogP) is 5.61. The highest BCUT2D eigenvalue weighted by Gasteiger charge is 2.41. The van der Waals surface area contributed by atoms with Crippen LogP contribution in [0, 0.1) is 0 Å². The molecule has 1 saturated carbocycles. The summed E-state index contributed by atoms with van der Waals surface area (Å²) in [5.41, 5.74) is 4.49. The Bertz CT molecular complexity index is 2620. The Labute approximate surface area is 380 Å². The molecular formula is C46H51Cl2N9O7. The molecular weight excluding hydrogens is 861 g/mol.